The molecule has 1 N–H and O–H groups in total. The Bertz CT molecular complexity index is 1130. The summed E-state index contributed by atoms with van der Waals surface area (Å²) in [7, 11) is 0. The molecule has 0 aliphatic heterocycles. The van der Waals surface area contributed by atoms with E-state index >= 15 is 0 Å². The molecule has 1 aliphatic rings. The number of aromatic nitrogens is 3. The fraction of sp³-hybridized carbons (Fsp3) is 0.435. The zero-order chi connectivity index (χ0) is 21.6. The van der Waals surface area contributed by atoms with Gasteiger partial charge < -0.3 is 9.84 Å². The third-order valence-corrected chi connectivity index (χ3v) is 5.74. The van der Waals surface area contributed by atoms with E-state index in [1.165, 1.54) is 28.5 Å². The lowest BCUT2D eigenvalue weighted by Crippen LogP contribution is -2.28. The van der Waals surface area contributed by atoms with Gasteiger partial charge in [0.15, 0.2) is 11.8 Å². The Balaban J connectivity index is 1.80. The van der Waals surface area contributed by atoms with Gasteiger partial charge in [-0.15, -0.1) is 0 Å². The molecule has 1 unspecified atom stereocenters. The molecule has 2 aromatic heterocycles. The fourth-order valence-electron chi connectivity index (χ4n) is 4.01. The Morgan fingerprint density at radius 1 is 1.20 bits per heavy atom. The highest BCUT2D eigenvalue weighted by Gasteiger charge is 2.32. The number of benzene rings is 1. The number of fused-ring (bicyclic) bond motifs is 2. The quantitative estimate of drug-likeness (QED) is 0.580. The van der Waals surface area contributed by atoms with Crippen molar-refractivity contribution < 1.29 is 14.6 Å². The number of ether oxygens (including phenoxy) is 1. The number of carboxylic acid groups (broad SMARTS) is 1. The lowest BCUT2D eigenvalue weighted by molar-refractivity contribution is -0.160. The van der Waals surface area contributed by atoms with Crippen molar-refractivity contribution in [1.82, 2.24) is 14.6 Å². The average Bonchev–Trinajstić information content (AvgIpc) is 3.10. The predicted molar refractivity (Wildman–Crippen MR) is 116 cm³/mol. The van der Waals surface area contributed by atoms with E-state index in [2.05, 4.69) is 28.3 Å². The predicted octanol–water partition coefficient (Wildman–Crippen LogP) is 5.18. The Hall–Kier alpha value is -2.44. The molecule has 0 spiro atoms. The topological polar surface area (TPSA) is 76.7 Å². The summed E-state index contributed by atoms with van der Waals surface area (Å²) in [6.07, 6.45) is 3.43. The molecule has 2 heterocycles. The summed E-state index contributed by atoms with van der Waals surface area (Å²) in [5, 5.41) is 14.6. The maximum absolute atomic E-state index is 11.9. The lowest BCUT2D eigenvalue weighted by Gasteiger charge is -2.26. The molecule has 7 heteroatoms. The Kier molecular flexibility index (Phi) is 5.32. The molecule has 3 aromatic rings. The zero-order valence-electron chi connectivity index (χ0n) is 17.7. The van der Waals surface area contributed by atoms with Crippen molar-refractivity contribution in [2.75, 3.05) is 0 Å². The molecule has 1 aliphatic carbocycles. The highest BCUT2D eigenvalue weighted by Crippen LogP contribution is 2.34. The van der Waals surface area contributed by atoms with Gasteiger partial charge in [-0.2, -0.15) is 5.10 Å². The van der Waals surface area contributed by atoms with E-state index in [0.717, 1.165) is 24.1 Å². The van der Waals surface area contributed by atoms with E-state index < -0.39 is 17.7 Å². The van der Waals surface area contributed by atoms with Crippen LogP contribution in [0.25, 0.3) is 16.9 Å². The van der Waals surface area contributed by atoms with Crippen molar-refractivity contribution >= 4 is 23.2 Å². The monoisotopic (exact) mass is 427 g/mol. The molecule has 6 nitrogen and oxygen atoms in total. The van der Waals surface area contributed by atoms with Crippen LogP contribution in [0.3, 0.4) is 0 Å². The molecule has 30 heavy (non-hydrogen) atoms. The smallest absolute Gasteiger partial charge is 0.337 e. The van der Waals surface area contributed by atoms with Crippen LogP contribution in [0.1, 0.15) is 62.1 Å². The van der Waals surface area contributed by atoms with Crippen molar-refractivity contribution in [3.63, 3.8) is 0 Å². The molecule has 4 rings (SSSR count). The summed E-state index contributed by atoms with van der Waals surface area (Å²) in [5.41, 5.74) is 5.31. The number of hydrogen-bond acceptors (Lipinski definition) is 4. The SMILES string of the molecule is Cc1nc2cc(-c3ccc4c(c3)CCCC4)nn2c(Cl)c1C(OC(C)(C)C)C(=O)O. The van der Waals surface area contributed by atoms with Gasteiger partial charge in [0.25, 0.3) is 0 Å². The largest absolute Gasteiger partial charge is 0.479 e. The summed E-state index contributed by atoms with van der Waals surface area (Å²) in [6, 6.07) is 8.34. The van der Waals surface area contributed by atoms with Gasteiger partial charge >= 0.3 is 5.97 Å². The molecule has 0 bridgehead atoms. The number of rotatable bonds is 4. The van der Waals surface area contributed by atoms with Crippen LogP contribution in [0.4, 0.5) is 0 Å². The van der Waals surface area contributed by atoms with Crippen LogP contribution < -0.4 is 0 Å². The van der Waals surface area contributed by atoms with E-state index in [4.69, 9.17) is 16.3 Å². The standard InChI is InChI=1S/C23H26ClN3O3/c1-13-19(20(22(28)29)30-23(2,3)4)21(24)27-18(25-13)12-17(26-27)16-10-9-14-7-5-6-8-15(14)11-16/h9-12,20H,5-8H2,1-4H3,(H,28,29). The van der Waals surface area contributed by atoms with E-state index in [1.807, 2.05) is 6.07 Å². The summed E-state index contributed by atoms with van der Waals surface area (Å²) in [4.78, 5) is 16.5. The van der Waals surface area contributed by atoms with E-state index in [0.29, 0.717) is 16.9 Å². The minimum atomic E-state index is -1.23. The molecule has 0 fully saturated rings. The van der Waals surface area contributed by atoms with Crippen LogP contribution >= 0.6 is 11.6 Å². The van der Waals surface area contributed by atoms with Crippen LogP contribution in [-0.2, 0) is 22.4 Å². The second-order valence-corrected chi connectivity index (χ2v) is 9.20. The van der Waals surface area contributed by atoms with Gasteiger partial charge in [0.2, 0.25) is 0 Å². The third kappa shape index (κ3) is 3.94. The van der Waals surface area contributed by atoms with Crippen molar-refractivity contribution in [3.05, 3.63) is 51.8 Å². The summed E-state index contributed by atoms with van der Waals surface area (Å²) >= 11 is 6.65. The Morgan fingerprint density at radius 2 is 1.90 bits per heavy atom. The summed E-state index contributed by atoms with van der Waals surface area (Å²) in [5.74, 6) is -1.11. The number of aryl methyl sites for hydroxylation is 3. The van der Waals surface area contributed by atoms with Gasteiger partial charge in [0.1, 0.15) is 5.15 Å². The third-order valence-electron chi connectivity index (χ3n) is 5.37. The molecule has 0 radical (unpaired) electrons. The second kappa shape index (κ2) is 7.67. The molecule has 1 aromatic carbocycles. The van der Waals surface area contributed by atoms with Crippen LogP contribution in [0, 0.1) is 6.92 Å². The Labute approximate surface area is 180 Å². The van der Waals surface area contributed by atoms with Crippen LogP contribution in [0.15, 0.2) is 24.3 Å². The van der Waals surface area contributed by atoms with Gasteiger partial charge in [-0.1, -0.05) is 23.7 Å². The first-order valence-electron chi connectivity index (χ1n) is 10.2. The first kappa shape index (κ1) is 20.8. The Morgan fingerprint density at radius 3 is 2.57 bits per heavy atom. The highest BCUT2D eigenvalue weighted by atomic mass is 35.5. The zero-order valence-corrected chi connectivity index (χ0v) is 18.5. The van der Waals surface area contributed by atoms with E-state index in [-0.39, 0.29) is 5.15 Å². The van der Waals surface area contributed by atoms with Crippen molar-refractivity contribution in [3.8, 4) is 11.3 Å². The molecule has 0 saturated carbocycles. The minimum absolute atomic E-state index is 0.207. The minimum Gasteiger partial charge on any atom is -0.479 e. The van der Waals surface area contributed by atoms with Gasteiger partial charge in [-0.3, -0.25) is 0 Å². The van der Waals surface area contributed by atoms with Gasteiger partial charge in [-0.25, -0.2) is 14.3 Å². The number of carboxylic acids is 1. The molecule has 1 atom stereocenters. The van der Waals surface area contributed by atoms with Crippen molar-refractivity contribution in [2.45, 2.75) is 65.1 Å². The van der Waals surface area contributed by atoms with Crippen molar-refractivity contribution in [2.24, 2.45) is 0 Å². The molecule has 158 valence electrons. The molecular formula is C23H26ClN3O3. The lowest BCUT2D eigenvalue weighted by atomic mass is 9.90. The first-order chi connectivity index (χ1) is 14.1. The fourth-order valence-corrected chi connectivity index (χ4v) is 4.37. The highest BCUT2D eigenvalue weighted by molar-refractivity contribution is 6.30. The number of nitrogens with zero attached hydrogens (tertiary/aromatic N) is 3. The summed E-state index contributed by atoms with van der Waals surface area (Å²) < 4.78 is 7.29. The van der Waals surface area contributed by atoms with Crippen LogP contribution in [0.5, 0.6) is 0 Å². The van der Waals surface area contributed by atoms with Gasteiger partial charge in [-0.05, 0) is 70.6 Å². The number of aliphatic carboxylic acids is 1. The number of halogens is 1. The maximum atomic E-state index is 11.9. The van der Waals surface area contributed by atoms with Crippen LogP contribution in [0.2, 0.25) is 5.15 Å². The molecule has 0 amide bonds. The van der Waals surface area contributed by atoms with Crippen LogP contribution in [-0.4, -0.2) is 31.3 Å². The normalized spacial score (nSPS) is 15.2. The maximum Gasteiger partial charge on any atom is 0.337 e. The molecular weight excluding hydrogens is 402 g/mol. The average molecular weight is 428 g/mol. The number of hydrogen-bond donors (Lipinski definition) is 1. The second-order valence-electron chi connectivity index (χ2n) is 8.84. The van der Waals surface area contributed by atoms with Crippen molar-refractivity contribution in [1.29, 1.82) is 0 Å². The summed E-state index contributed by atoms with van der Waals surface area (Å²) in [6.45, 7) is 7.16. The first-order valence-corrected chi connectivity index (χ1v) is 10.6. The molecule has 0 saturated heterocycles. The van der Waals surface area contributed by atoms with E-state index in [1.54, 1.807) is 27.7 Å². The van der Waals surface area contributed by atoms with Gasteiger partial charge in [0, 0.05) is 17.3 Å². The van der Waals surface area contributed by atoms with Gasteiger partial charge in [0.05, 0.1) is 16.9 Å². The number of carbonyl (C=O) groups is 1. The van der Waals surface area contributed by atoms with E-state index in [9.17, 15) is 9.90 Å².